The van der Waals surface area contributed by atoms with Gasteiger partial charge in [-0.25, -0.2) is 4.98 Å². The van der Waals surface area contributed by atoms with Gasteiger partial charge >= 0.3 is 0 Å². The van der Waals surface area contributed by atoms with E-state index in [4.69, 9.17) is 5.73 Å². The molecule has 9 nitrogen and oxygen atoms in total. The topological polar surface area (TPSA) is 147 Å². The van der Waals surface area contributed by atoms with Gasteiger partial charge in [0.25, 0.3) is 11.8 Å². The van der Waals surface area contributed by atoms with Gasteiger partial charge in [-0.3, -0.25) is 19.4 Å². The lowest BCUT2D eigenvalue weighted by molar-refractivity contribution is -0.137. The third-order valence-corrected chi connectivity index (χ3v) is 3.74. The number of nitrogens with zero attached hydrogens (tertiary/aromatic N) is 2. The number of aromatic amines is 2. The quantitative estimate of drug-likeness (QED) is 0.448. The van der Waals surface area contributed by atoms with Gasteiger partial charge in [0.05, 0.1) is 12.0 Å². The predicted molar refractivity (Wildman–Crippen MR) is 91.8 cm³/mol. The molecule has 3 heterocycles. The average molecular weight is 352 g/mol. The summed E-state index contributed by atoms with van der Waals surface area (Å²) >= 11 is 0. The van der Waals surface area contributed by atoms with Crippen LogP contribution in [0.4, 0.5) is 0 Å². The van der Waals surface area contributed by atoms with E-state index < -0.39 is 23.6 Å². The number of H-pyrrole nitrogens is 2. The smallest absolute Gasteiger partial charge is 0.287 e. The first-order valence-electron chi connectivity index (χ1n) is 7.77. The van der Waals surface area contributed by atoms with E-state index >= 15 is 0 Å². The molecule has 0 aliphatic rings. The Morgan fingerprint density at radius 2 is 2.04 bits per heavy atom. The minimum absolute atomic E-state index is 0.129. The van der Waals surface area contributed by atoms with Crippen LogP contribution >= 0.6 is 0 Å². The molecule has 5 N–H and O–H groups in total. The number of nitrogens with two attached hydrogens (primary N) is 1. The lowest BCUT2D eigenvalue weighted by Crippen LogP contribution is -2.47. The number of aromatic nitrogens is 4. The SMILES string of the molecule is NC(=O)C(=O)C(Cc1cc[nH]c1)NC(=O)c1[nH]cnc1-c1ccccn1. The first kappa shape index (κ1) is 17.1. The number of hydrogen-bond acceptors (Lipinski definition) is 5. The second kappa shape index (κ2) is 7.43. The van der Waals surface area contributed by atoms with Crippen LogP contribution < -0.4 is 11.1 Å². The second-order valence-corrected chi connectivity index (χ2v) is 5.52. The zero-order valence-corrected chi connectivity index (χ0v) is 13.6. The molecule has 9 heteroatoms. The van der Waals surface area contributed by atoms with Crippen LogP contribution in [0.3, 0.4) is 0 Å². The summed E-state index contributed by atoms with van der Waals surface area (Å²) in [7, 11) is 0. The Morgan fingerprint density at radius 3 is 2.69 bits per heavy atom. The molecule has 3 rings (SSSR count). The van der Waals surface area contributed by atoms with Crippen molar-refractivity contribution in [3.63, 3.8) is 0 Å². The number of pyridine rings is 1. The van der Waals surface area contributed by atoms with E-state index in [1.807, 2.05) is 0 Å². The molecular weight excluding hydrogens is 336 g/mol. The van der Waals surface area contributed by atoms with Crippen LogP contribution in [0, 0.1) is 0 Å². The van der Waals surface area contributed by atoms with Gasteiger partial charge in [0.15, 0.2) is 0 Å². The lowest BCUT2D eigenvalue weighted by Gasteiger charge is -2.15. The molecule has 0 radical (unpaired) electrons. The summed E-state index contributed by atoms with van der Waals surface area (Å²) in [5, 5.41) is 2.55. The van der Waals surface area contributed by atoms with Crippen molar-refractivity contribution in [2.24, 2.45) is 5.73 Å². The summed E-state index contributed by atoms with van der Waals surface area (Å²) in [6.45, 7) is 0. The molecule has 0 bridgehead atoms. The maximum atomic E-state index is 12.6. The fourth-order valence-corrected chi connectivity index (χ4v) is 2.50. The second-order valence-electron chi connectivity index (χ2n) is 5.52. The lowest BCUT2D eigenvalue weighted by atomic mass is 10.0. The monoisotopic (exact) mass is 352 g/mol. The third-order valence-electron chi connectivity index (χ3n) is 3.74. The standard InChI is InChI=1S/C17H16N6O3/c18-16(25)15(24)12(7-10-4-6-19-8-10)23-17(26)14-13(21-9-22-14)11-3-1-2-5-20-11/h1-6,8-9,12,19H,7H2,(H2,18,25)(H,21,22)(H,23,26). The molecule has 0 aliphatic carbocycles. The Bertz CT molecular complexity index is 917. The number of rotatable bonds is 7. The van der Waals surface area contributed by atoms with Crippen molar-refractivity contribution in [2.75, 3.05) is 0 Å². The van der Waals surface area contributed by atoms with Gasteiger partial charge in [0, 0.05) is 25.0 Å². The van der Waals surface area contributed by atoms with Crippen LogP contribution in [0.15, 0.2) is 49.2 Å². The molecule has 0 fully saturated rings. The van der Waals surface area contributed by atoms with Crippen LogP contribution in [-0.4, -0.2) is 43.6 Å². The Labute approximate surface area is 148 Å². The van der Waals surface area contributed by atoms with Crippen molar-refractivity contribution in [3.05, 3.63) is 60.4 Å². The minimum Gasteiger partial charge on any atom is -0.367 e. The van der Waals surface area contributed by atoms with Gasteiger partial charge in [0.2, 0.25) is 5.78 Å². The summed E-state index contributed by atoms with van der Waals surface area (Å²) in [4.78, 5) is 49.9. The maximum absolute atomic E-state index is 12.6. The predicted octanol–water partition coefficient (Wildman–Crippen LogP) is 0.195. The van der Waals surface area contributed by atoms with Gasteiger partial charge in [-0.1, -0.05) is 6.07 Å². The van der Waals surface area contributed by atoms with Gasteiger partial charge in [-0.15, -0.1) is 0 Å². The third kappa shape index (κ3) is 3.66. The fraction of sp³-hybridized carbons (Fsp3) is 0.118. The van der Waals surface area contributed by atoms with Gasteiger partial charge in [-0.05, 0) is 23.8 Å². The van der Waals surface area contributed by atoms with Crippen molar-refractivity contribution in [3.8, 4) is 11.4 Å². The minimum atomic E-state index is -1.11. The molecule has 1 atom stereocenters. The van der Waals surface area contributed by atoms with E-state index in [0.717, 1.165) is 5.56 Å². The molecule has 132 valence electrons. The summed E-state index contributed by atoms with van der Waals surface area (Å²) in [6.07, 6.45) is 6.41. The van der Waals surface area contributed by atoms with E-state index in [1.165, 1.54) is 6.33 Å². The molecule has 0 aliphatic heterocycles. The number of Topliss-reactive ketones (excluding diaryl/α,β-unsaturated/α-hetero) is 1. The number of primary amides is 1. The van der Waals surface area contributed by atoms with Crippen molar-refractivity contribution >= 4 is 17.6 Å². The largest absolute Gasteiger partial charge is 0.367 e. The molecule has 0 saturated carbocycles. The molecule has 2 amide bonds. The zero-order valence-electron chi connectivity index (χ0n) is 13.6. The summed E-state index contributed by atoms with van der Waals surface area (Å²) in [5.74, 6) is -2.57. The number of nitrogens with one attached hydrogen (secondary N) is 3. The Balaban J connectivity index is 1.83. The number of carbonyl (C=O) groups is 3. The average Bonchev–Trinajstić information content (AvgIpc) is 3.32. The number of hydrogen-bond donors (Lipinski definition) is 4. The highest BCUT2D eigenvalue weighted by Gasteiger charge is 2.27. The van der Waals surface area contributed by atoms with E-state index in [9.17, 15) is 14.4 Å². The Morgan fingerprint density at radius 1 is 1.19 bits per heavy atom. The molecule has 0 aromatic carbocycles. The van der Waals surface area contributed by atoms with Crippen molar-refractivity contribution < 1.29 is 14.4 Å². The first-order valence-corrected chi connectivity index (χ1v) is 7.77. The highest BCUT2D eigenvalue weighted by molar-refractivity contribution is 6.38. The molecule has 1 unspecified atom stereocenters. The highest BCUT2D eigenvalue weighted by atomic mass is 16.2. The molecule has 3 aromatic heterocycles. The van der Waals surface area contributed by atoms with Crippen LogP contribution in [0.25, 0.3) is 11.4 Å². The number of carbonyl (C=O) groups excluding carboxylic acids is 3. The number of ketones is 1. The zero-order chi connectivity index (χ0) is 18.5. The van der Waals surface area contributed by atoms with E-state index in [2.05, 4.69) is 25.3 Å². The first-order chi connectivity index (χ1) is 12.6. The summed E-state index contributed by atoms with van der Waals surface area (Å²) in [6, 6.07) is 5.87. The van der Waals surface area contributed by atoms with E-state index in [1.54, 1.807) is 42.9 Å². The van der Waals surface area contributed by atoms with Crippen LogP contribution in [0.2, 0.25) is 0 Å². The van der Waals surface area contributed by atoms with Crippen LogP contribution in [0.5, 0.6) is 0 Å². The van der Waals surface area contributed by atoms with Crippen molar-refractivity contribution in [1.29, 1.82) is 0 Å². The number of imidazole rings is 1. The van der Waals surface area contributed by atoms with E-state index in [0.29, 0.717) is 11.4 Å². The molecular formula is C17H16N6O3. The molecule has 0 saturated heterocycles. The number of amides is 2. The van der Waals surface area contributed by atoms with Crippen molar-refractivity contribution in [2.45, 2.75) is 12.5 Å². The Kier molecular flexibility index (Phi) is 4.88. The van der Waals surface area contributed by atoms with Crippen LogP contribution in [0.1, 0.15) is 16.1 Å². The molecule has 26 heavy (non-hydrogen) atoms. The molecule has 0 spiro atoms. The van der Waals surface area contributed by atoms with Gasteiger partial charge in [-0.2, -0.15) is 0 Å². The van der Waals surface area contributed by atoms with Gasteiger partial charge < -0.3 is 21.0 Å². The fourth-order valence-electron chi connectivity index (χ4n) is 2.50. The van der Waals surface area contributed by atoms with Crippen molar-refractivity contribution in [1.82, 2.24) is 25.3 Å². The normalized spacial score (nSPS) is 11.7. The van der Waals surface area contributed by atoms with Gasteiger partial charge in [0.1, 0.15) is 17.4 Å². The molecule has 3 aromatic rings. The van der Waals surface area contributed by atoms with E-state index in [-0.39, 0.29) is 12.1 Å². The Hall–Kier alpha value is -3.75. The van der Waals surface area contributed by atoms with Crippen LogP contribution in [-0.2, 0) is 16.0 Å². The highest BCUT2D eigenvalue weighted by Crippen LogP contribution is 2.17. The summed E-state index contributed by atoms with van der Waals surface area (Å²) in [5.41, 5.74) is 6.84. The summed E-state index contributed by atoms with van der Waals surface area (Å²) < 4.78 is 0. The maximum Gasteiger partial charge on any atom is 0.287 e.